The van der Waals surface area contributed by atoms with Crippen LogP contribution >= 0.6 is 11.6 Å². The van der Waals surface area contributed by atoms with Gasteiger partial charge in [0.2, 0.25) is 5.91 Å². The van der Waals surface area contributed by atoms with Gasteiger partial charge in [0.1, 0.15) is 5.75 Å². The number of ether oxygens (including phenoxy) is 1. The number of likely N-dealkylation sites (tertiary alicyclic amines) is 1. The summed E-state index contributed by atoms with van der Waals surface area (Å²) < 4.78 is 5.44. The largest absolute Gasteiger partial charge is 0.496 e. The Bertz CT molecular complexity index is 1120. The Morgan fingerprint density at radius 2 is 1.66 bits per heavy atom. The maximum atomic E-state index is 13.3. The zero-order valence-electron chi connectivity index (χ0n) is 18.3. The van der Waals surface area contributed by atoms with Crippen LogP contribution in [0.4, 0.5) is 0 Å². The van der Waals surface area contributed by atoms with Crippen LogP contribution < -0.4 is 10.1 Å². The van der Waals surface area contributed by atoms with Gasteiger partial charge in [-0.3, -0.25) is 9.59 Å². The van der Waals surface area contributed by atoms with E-state index in [0.29, 0.717) is 36.5 Å². The van der Waals surface area contributed by atoms with Crippen LogP contribution in [0, 0.1) is 5.92 Å². The molecule has 32 heavy (non-hydrogen) atoms. The Labute approximate surface area is 193 Å². The fourth-order valence-electron chi connectivity index (χ4n) is 4.32. The van der Waals surface area contributed by atoms with Crippen molar-refractivity contribution in [3.8, 4) is 5.75 Å². The van der Waals surface area contributed by atoms with Crippen molar-refractivity contribution in [2.75, 3.05) is 20.2 Å². The van der Waals surface area contributed by atoms with Crippen LogP contribution in [-0.4, -0.2) is 36.9 Å². The minimum absolute atomic E-state index is 0.00255. The molecular formula is C26H27ClN2O3. The lowest BCUT2D eigenvalue weighted by atomic mass is 9.94. The van der Waals surface area contributed by atoms with Gasteiger partial charge in [-0.05, 0) is 55.0 Å². The van der Waals surface area contributed by atoms with Gasteiger partial charge in [-0.2, -0.15) is 0 Å². The van der Waals surface area contributed by atoms with Crippen LogP contribution in [0.5, 0.6) is 5.75 Å². The summed E-state index contributed by atoms with van der Waals surface area (Å²) in [7, 11) is 1.63. The smallest absolute Gasteiger partial charge is 0.254 e. The van der Waals surface area contributed by atoms with E-state index in [2.05, 4.69) is 5.32 Å². The molecule has 2 amide bonds. The summed E-state index contributed by atoms with van der Waals surface area (Å²) in [6, 6.07) is 18.9. The second kappa shape index (κ2) is 9.61. The molecule has 1 heterocycles. The van der Waals surface area contributed by atoms with Gasteiger partial charge < -0.3 is 15.0 Å². The van der Waals surface area contributed by atoms with Crippen LogP contribution in [0.3, 0.4) is 0 Å². The number of halogens is 1. The highest BCUT2D eigenvalue weighted by Gasteiger charge is 2.29. The summed E-state index contributed by atoms with van der Waals surface area (Å²) in [5.74, 6) is 0.690. The molecular weight excluding hydrogens is 424 g/mol. The van der Waals surface area contributed by atoms with Crippen LogP contribution in [0.1, 0.15) is 41.7 Å². The molecule has 0 saturated carbocycles. The Hall–Kier alpha value is -3.05. The third-order valence-electron chi connectivity index (χ3n) is 6.22. The van der Waals surface area contributed by atoms with Gasteiger partial charge >= 0.3 is 0 Å². The average molecular weight is 451 g/mol. The van der Waals surface area contributed by atoms with E-state index in [9.17, 15) is 9.59 Å². The predicted octanol–water partition coefficient (Wildman–Crippen LogP) is 5.23. The maximum absolute atomic E-state index is 13.3. The molecule has 0 aromatic heterocycles. The molecule has 0 aliphatic carbocycles. The summed E-state index contributed by atoms with van der Waals surface area (Å²) in [6.45, 7) is 3.09. The molecule has 0 unspecified atom stereocenters. The van der Waals surface area contributed by atoms with E-state index in [1.807, 2.05) is 72.5 Å². The molecule has 1 saturated heterocycles. The van der Waals surface area contributed by atoms with Crippen molar-refractivity contribution in [3.63, 3.8) is 0 Å². The number of fused-ring (bicyclic) bond motifs is 1. The van der Waals surface area contributed by atoms with Crippen molar-refractivity contribution in [2.24, 2.45) is 5.92 Å². The molecule has 4 rings (SSSR count). The van der Waals surface area contributed by atoms with Crippen LogP contribution in [-0.2, 0) is 4.79 Å². The number of nitrogens with one attached hydrogen (secondary N) is 1. The number of benzene rings is 3. The topological polar surface area (TPSA) is 58.6 Å². The number of methoxy groups -OCH3 is 1. The number of hydrogen-bond acceptors (Lipinski definition) is 3. The molecule has 1 N–H and O–H groups in total. The van der Waals surface area contributed by atoms with Gasteiger partial charge in [-0.1, -0.05) is 48.0 Å². The Balaban J connectivity index is 1.39. The summed E-state index contributed by atoms with van der Waals surface area (Å²) in [5, 5.41) is 5.58. The lowest BCUT2D eigenvalue weighted by Gasteiger charge is -2.32. The minimum Gasteiger partial charge on any atom is -0.496 e. The fourth-order valence-corrected chi connectivity index (χ4v) is 4.44. The molecule has 1 aliphatic heterocycles. The first-order valence-electron chi connectivity index (χ1n) is 10.9. The Morgan fingerprint density at radius 3 is 2.31 bits per heavy atom. The SMILES string of the molecule is COc1ccc(C(=O)N2CCC(C(=O)N[C@@H](C)c3ccc(Cl)cc3)CC2)c2ccccc12. The second-order valence-corrected chi connectivity index (χ2v) is 8.65. The van der Waals surface area contributed by atoms with Gasteiger partial charge in [-0.15, -0.1) is 0 Å². The van der Waals surface area contributed by atoms with Crippen molar-refractivity contribution in [3.05, 3.63) is 76.8 Å². The third kappa shape index (κ3) is 4.58. The maximum Gasteiger partial charge on any atom is 0.254 e. The van der Waals surface area contributed by atoms with E-state index in [4.69, 9.17) is 16.3 Å². The Kier molecular flexibility index (Phi) is 6.66. The highest BCUT2D eigenvalue weighted by Crippen LogP contribution is 2.30. The highest BCUT2D eigenvalue weighted by molar-refractivity contribution is 6.30. The van der Waals surface area contributed by atoms with E-state index >= 15 is 0 Å². The normalized spacial score (nSPS) is 15.4. The van der Waals surface area contributed by atoms with Crippen molar-refractivity contribution in [1.82, 2.24) is 10.2 Å². The van der Waals surface area contributed by atoms with Crippen molar-refractivity contribution < 1.29 is 14.3 Å². The molecule has 1 fully saturated rings. The van der Waals surface area contributed by atoms with Gasteiger partial charge in [-0.25, -0.2) is 0 Å². The number of amides is 2. The molecule has 1 aliphatic rings. The molecule has 0 bridgehead atoms. The minimum atomic E-state index is -0.0959. The molecule has 6 heteroatoms. The zero-order valence-corrected chi connectivity index (χ0v) is 19.1. The molecule has 0 radical (unpaired) electrons. The quantitative estimate of drug-likeness (QED) is 0.579. The molecule has 166 valence electrons. The van der Waals surface area contributed by atoms with Crippen molar-refractivity contribution in [2.45, 2.75) is 25.8 Å². The third-order valence-corrected chi connectivity index (χ3v) is 6.47. The summed E-state index contributed by atoms with van der Waals surface area (Å²) in [5.41, 5.74) is 1.68. The lowest BCUT2D eigenvalue weighted by molar-refractivity contribution is -0.126. The van der Waals surface area contributed by atoms with Gasteiger partial charge in [0.05, 0.1) is 13.2 Å². The molecule has 3 aromatic carbocycles. The number of carbonyl (C=O) groups is 2. The average Bonchev–Trinajstić information content (AvgIpc) is 2.83. The number of rotatable bonds is 5. The Morgan fingerprint density at radius 1 is 1.00 bits per heavy atom. The van der Waals surface area contributed by atoms with Crippen molar-refractivity contribution in [1.29, 1.82) is 0 Å². The van der Waals surface area contributed by atoms with Crippen LogP contribution in [0.2, 0.25) is 5.02 Å². The first-order chi connectivity index (χ1) is 15.5. The number of nitrogens with zero attached hydrogens (tertiary/aromatic N) is 1. The molecule has 3 aromatic rings. The second-order valence-electron chi connectivity index (χ2n) is 8.21. The van der Waals surface area contributed by atoms with E-state index in [1.165, 1.54) is 0 Å². The van der Waals surface area contributed by atoms with E-state index in [0.717, 1.165) is 22.1 Å². The van der Waals surface area contributed by atoms with Crippen LogP contribution in [0.25, 0.3) is 10.8 Å². The van der Waals surface area contributed by atoms with Crippen LogP contribution in [0.15, 0.2) is 60.7 Å². The summed E-state index contributed by atoms with van der Waals surface area (Å²) in [6.07, 6.45) is 1.30. The molecule has 1 atom stereocenters. The van der Waals surface area contributed by atoms with Crippen molar-refractivity contribution >= 4 is 34.2 Å². The fraction of sp³-hybridized carbons (Fsp3) is 0.308. The van der Waals surface area contributed by atoms with E-state index < -0.39 is 0 Å². The zero-order chi connectivity index (χ0) is 22.7. The standard InChI is InChI=1S/C26H27ClN2O3/c1-17(18-7-9-20(27)10-8-18)28-25(30)19-13-15-29(16-14-19)26(31)23-11-12-24(32-2)22-6-4-3-5-21(22)23/h3-12,17,19H,13-16H2,1-2H3,(H,28,30)/t17-/m0/s1. The summed E-state index contributed by atoms with van der Waals surface area (Å²) in [4.78, 5) is 27.9. The van der Waals surface area contributed by atoms with E-state index in [-0.39, 0.29) is 23.8 Å². The first kappa shape index (κ1) is 22.2. The van der Waals surface area contributed by atoms with Gasteiger partial charge in [0, 0.05) is 35.0 Å². The molecule has 0 spiro atoms. The highest BCUT2D eigenvalue weighted by atomic mass is 35.5. The lowest BCUT2D eigenvalue weighted by Crippen LogP contribution is -2.43. The monoisotopic (exact) mass is 450 g/mol. The number of hydrogen-bond donors (Lipinski definition) is 1. The number of carbonyl (C=O) groups excluding carboxylic acids is 2. The van der Waals surface area contributed by atoms with Gasteiger partial charge in [0.15, 0.2) is 0 Å². The van der Waals surface area contributed by atoms with Gasteiger partial charge in [0.25, 0.3) is 5.91 Å². The summed E-state index contributed by atoms with van der Waals surface area (Å²) >= 11 is 5.95. The predicted molar refractivity (Wildman–Crippen MR) is 127 cm³/mol. The first-order valence-corrected chi connectivity index (χ1v) is 11.3. The number of piperidine rings is 1. The molecule has 5 nitrogen and oxygen atoms in total. The van der Waals surface area contributed by atoms with E-state index in [1.54, 1.807) is 7.11 Å².